The molecule has 1 aliphatic carbocycles. The van der Waals surface area contributed by atoms with E-state index in [0.717, 1.165) is 24.2 Å². The van der Waals surface area contributed by atoms with Gasteiger partial charge >= 0.3 is 6.03 Å². The number of fused-ring (bicyclic) bond motifs is 6. The summed E-state index contributed by atoms with van der Waals surface area (Å²) in [6, 6.07) is 8.52. The number of piperidine rings is 1. The van der Waals surface area contributed by atoms with Gasteiger partial charge in [-0.3, -0.25) is 0 Å². The molecule has 5 rings (SSSR count). The van der Waals surface area contributed by atoms with Gasteiger partial charge in [0.05, 0.1) is 19.3 Å². The minimum atomic E-state index is -0.0316. The normalized spacial score (nSPS) is 28.3. The van der Waals surface area contributed by atoms with Crippen LogP contribution in [0, 0.1) is 0 Å². The van der Waals surface area contributed by atoms with Gasteiger partial charge in [0.1, 0.15) is 11.3 Å². The van der Waals surface area contributed by atoms with Crippen LogP contribution in [0.3, 0.4) is 0 Å². The van der Waals surface area contributed by atoms with Gasteiger partial charge in [0.15, 0.2) is 0 Å². The predicted molar refractivity (Wildman–Crippen MR) is 96.4 cm³/mol. The number of morpholine rings is 1. The topological polar surface area (TPSA) is 55.2 Å². The summed E-state index contributed by atoms with van der Waals surface area (Å²) in [4.78, 5) is 17.1. The first-order chi connectivity index (χ1) is 12.8. The molecule has 0 unspecified atom stereocenters. The number of rotatable bonds is 1. The SMILES string of the molecule is CO[C@H]1CN(C(=O)N2CCOCC2)[C@H]2Cc3c(oc4ccccc34)[C@@H]1C2. The van der Waals surface area contributed by atoms with Gasteiger partial charge in [0.2, 0.25) is 0 Å². The highest BCUT2D eigenvalue weighted by molar-refractivity contribution is 5.83. The lowest BCUT2D eigenvalue weighted by Gasteiger charge is -2.47. The second-order valence-electron chi connectivity index (χ2n) is 7.45. The van der Waals surface area contributed by atoms with Crippen LogP contribution < -0.4 is 0 Å². The van der Waals surface area contributed by atoms with Crippen molar-refractivity contribution in [2.45, 2.75) is 30.9 Å². The van der Waals surface area contributed by atoms with Gasteiger partial charge in [-0.15, -0.1) is 0 Å². The van der Waals surface area contributed by atoms with E-state index in [1.54, 1.807) is 7.11 Å². The Bertz CT molecular complexity index is 826. The molecule has 3 heterocycles. The molecule has 26 heavy (non-hydrogen) atoms. The molecule has 2 aromatic rings. The smallest absolute Gasteiger partial charge is 0.320 e. The predicted octanol–water partition coefficient (Wildman–Crippen LogP) is 2.61. The van der Waals surface area contributed by atoms with Crippen molar-refractivity contribution in [3.63, 3.8) is 0 Å². The van der Waals surface area contributed by atoms with E-state index in [2.05, 4.69) is 6.07 Å². The number of carbonyl (C=O) groups is 1. The highest BCUT2D eigenvalue weighted by Gasteiger charge is 2.46. The molecule has 0 spiro atoms. The Morgan fingerprint density at radius 3 is 2.85 bits per heavy atom. The van der Waals surface area contributed by atoms with Crippen LogP contribution >= 0.6 is 0 Å². The molecular weight excluding hydrogens is 332 g/mol. The highest BCUT2D eigenvalue weighted by Crippen LogP contribution is 2.45. The van der Waals surface area contributed by atoms with Crippen molar-refractivity contribution >= 4 is 17.0 Å². The number of methoxy groups -OCH3 is 1. The summed E-state index contributed by atoms with van der Waals surface area (Å²) in [6.45, 7) is 3.21. The summed E-state index contributed by atoms with van der Waals surface area (Å²) in [5.41, 5.74) is 2.19. The molecule has 0 saturated carbocycles. The van der Waals surface area contributed by atoms with Gasteiger partial charge in [0, 0.05) is 49.7 Å². The van der Waals surface area contributed by atoms with Gasteiger partial charge in [-0.25, -0.2) is 4.79 Å². The summed E-state index contributed by atoms with van der Waals surface area (Å²) in [5, 5.41) is 1.17. The minimum absolute atomic E-state index is 0.0316. The molecule has 1 aromatic carbocycles. The number of nitrogens with zero attached hydrogens (tertiary/aromatic N) is 2. The monoisotopic (exact) mass is 356 g/mol. The number of hydrogen-bond acceptors (Lipinski definition) is 4. The van der Waals surface area contributed by atoms with Crippen LogP contribution in [0.1, 0.15) is 23.7 Å². The maximum atomic E-state index is 13.1. The first kappa shape index (κ1) is 16.1. The molecule has 6 nitrogen and oxygen atoms in total. The zero-order valence-corrected chi connectivity index (χ0v) is 15.0. The zero-order chi connectivity index (χ0) is 17.7. The molecule has 138 valence electrons. The molecule has 3 aliphatic rings. The molecular formula is C20H24N2O4. The third kappa shape index (κ3) is 2.43. The fraction of sp³-hybridized carbons (Fsp3) is 0.550. The van der Waals surface area contributed by atoms with Gasteiger partial charge in [-0.1, -0.05) is 18.2 Å². The zero-order valence-electron chi connectivity index (χ0n) is 15.0. The average Bonchev–Trinajstić information content (AvgIpc) is 3.07. The summed E-state index contributed by atoms with van der Waals surface area (Å²) < 4.78 is 17.4. The lowest BCUT2D eigenvalue weighted by atomic mass is 9.77. The summed E-state index contributed by atoms with van der Waals surface area (Å²) >= 11 is 0. The molecule has 2 fully saturated rings. The van der Waals surface area contributed by atoms with E-state index in [4.69, 9.17) is 13.9 Å². The van der Waals surface area contributed by atoms with Crippen LogP contribution in [0.4, 0.5) is 4.79 Å². The van der Waals surface area contributed by atoms with Gasteiger partial charge in [-0.05, 0) is 18.9 Å². The van der Waals surface area contributed by atoms with Gasteiger partial charge in [-0.2, -0.15) is 0 Å². The Labute approximate surface area is 152 Å². The van der Waals surface area contributed by atoms with E-state index in [-0.39, 0.29) is 24.1 Å². The van der Waals surface area contributed by atoms with Gasteiger partial charge in [0.25, 0.3) is 0 Å². The summed E-state index contributed by atoms with van der Waals surface area (Å²) in [5.74, 6) is 1.28. The standard InChI is InChI=1S/C20H24N2O4/c1-24-18-12-22(20(23)21-6-8-25-9-7-21)13-10-15-14-4-2-3-5-17(14)26-19(15)16(18)11-13/h2-5,13,16,18H,6-12H2,1H3/t13-,16+,18-/m0/s1. The molecule has 0 radical (unpaired) electrons. The number of likely N-dealkylation sites (tertiary alicyclic amines) is 1. The number of furan rings is 1. The highest BCUT2D eigenvalue weighted by atomic mass is 16.5. The van der Waals surface area contributed by atoms with Crippen molar-refractivity contribution in [3.05, 3.63) is 35.6 Å². The largest absolute Gasteiger partial charge is 0.460 e. The number of hydrogen-bond donors (Lipinski definition) is 0. The Morgan fingerprint density at radius 2 is 2.04 bits per heavy atom. The van der Waals surface area contributed by atoms with Crippen LogP contribution in [0.25, 0.3) is 11.0 Å². The number of benzene rings is 1. The van der Waals surface area contributed by atoms with Crippen molar-refractivity contribution in [1.82, 2.24) is 9.80 Å². The molecule has 2 amide bonds. The quantitative estimate of drug-likeness (QED) is 0.788. The van der Waals surface area contributed by atoms with Crippen LogP contribution in [0.5, 0.6) is 0 Å². The van der Waals surface area contributed by atoms with E-state index in [9.17, 15) is 4.79 Å². The van der Waals surface area contributed by atoms with E-state index < -0.39 is 0 Å². The van der Waals surface area contributed by atoms with E-state index in [1.165, 1.54) is 10.9 Å². The van der Waals surface area contributed by atoms with Crippen LogP contribution in [0.15, 0.2) is 28.7 Å². The lowest BCUT2D eigenvalue weighted by Crippen LogP contribution is -2.59. The molecule has 6 heteroatoms. The van der Waals surface area contributed by atoms with E-state index in [1.807, 2.05) is 28.0 Å². The third-order valence-electron chi connectivity index (χ3n) is 6.13. The molecule has 0 N–H and O–H groups in total. The Kier molecular flexibility index (Phi) is 3.90. The Hall–Kier alpha value is -2.05. The maximum absolute atomic E-state index is 13.1. The summed E-state index contributed by atoms with van der Waals surface area (Å²) in [6.07, 6.45) is 1.73. The van der Waals surface area contributed by atoms with E-state index in [0.29, 0.717) is 32.8 Å². The van der Waals surface area contributed by atoms with Crippen molar-refractivity contribution in [2.75, 3.05) is 40.0 Å². The van der Waals surface area contributed by atoms with Crippen molar-refractivity contribution in [1.29, 1.82) is 0 Å². The molecule has 2 saturated heterocycles. The van der Waals surface area contributed by atoms with Crippen LogP contribution in [-0.4, -0.2) is 67.9 Å². The van der Waals surface area contributed by atoms with E-state index >= 15 is 0 Å². The first-order valence-corrected chi connectivity index (χ1v) is 9.42. The van der Waals surface area contributed by atoms with Crippen molar-refractivity contribution < 1.29 is 18.7 Å². The van der Waals surface area contributed by atoms with Gasteiger partial charge < -0.3 is 23.7 Å². The minimum Gasteiger partial charge on any atom is -0.460 e. The van der Waals surface area contributed by atoms with Crippen molar-refractivity contribution in [3.8, 4) is 0 Å². The molecule has 3 atom stereocenters. The molecule has 2 aliphatic heterocycles. The number of amides is 2. The first-order valence-electron chi connectivity index (χ1n) is 9.42. The second-order valence-corrected chi connectivity index (χ2v) is 7.45. The average molecular weight is 356 g/mol. The van der Waals surface area contributed by atoms with Crippen molar-refractivity contribution in [2.24, 2.45) is 0 Å². The maximum Gasteiger partial charge on any atom is 0.320 e. The van der Waals surface area contributed by atoms with Crippen LogP contribution in [-0.2, 0) is 15.9 Å². The van der Waals surface area contributed by atoms with Crippen LogP contribution in [0.2, 0.25) is 0 Å². The molecule has 1 aromatic heterocycles. The summed E-state index contributed by atoms with van der Waals surface area (Å²) in [7, 11) is 1.74. The third-order valence-corrected chi connectivity index (χ3v) is 6.13. The number of carbonyl (C=O) groups excluding carboxylic acids is 1. The fourth-order valence-corrected chi connectivity index (χ4v) is 4.78. The Morgan fingerprint density at radius 1 is 1.23 bits per heavy atom. The second kappa shape index (κ2) is 6.28. The number of para-hydroxylation sites is 1. The molecule has 2 bridgehead atoms. The fourth-order valence-electron chi connectivity index (χ4n) is 4.78. The lowest BCUT2D eigenvalue weighted by molar-refractivity contribution is -0.0193. The number of ether oxygens (including phenoxy) is 2. The number of urea groups is 1. The Balaban J connectivity index is 1.50.